The number of hydrogen-bond acceptors (Lipinski definition) is 0. The molecule has 0 amide bonds. The summed E-state index contributed by atoms with van der Waals surface area (Å²) in [6.07, 6.45) is 57.9. The Morgan fingerprint density at radius 2 is 0.700 bits per heavy atom. The van der Waals surface area contributed by atoms with Crippen molar-refractivity contribution in [2.24, 2.45) is 121 Å². The zero-order valence-corrected chi connectivity index (χ0v) is 75.2. The monoisotopic (exact) mass is 1600 g/mol. The minimum atomic E-state index is -2.04. The Hall–Kier alpha value is -2.06. The normalized spacial score (nSPS) is 30.9. The van der Waals surface area contributed by atoms with Crippen molar-refractivity contribution in [2.75, 3.05) is 0 Å². The number of fused-ring (bicyclic) bond motifs is 9. The molecular formula is C93H132Cl4SiZr2. The molecule has 10 aliphatic rings. The second kappa shape index (κ2) is 35.3. The van der Waals surface area contributed by atoms with Gasteiger partial charge in [-0.05, 0) is 216 Å². The molecule has 4 fully saturated rings. The number of halogens is 4. The molecular weight excluding hydrogens is 1470 g/mol. The summed E-state index contributed by atoms with van der Waals surface area (Å²) in [5.41, 5.74) is 14.5. The van der Waals surface area contributed by atoms with Crippen LogP contribution in [0.15, 0.2) is 229 Å². The van der Waals surface area contributed by atoms with Gasteiger partial charge in [-0.2, -0.15) is 0 Å². The number of hydrogen-bond donors (Lipinski definition) is 0. The van der Waals surface area contributed by atoms with Gasteiger partial charge >= 0.3 is 75.7 Å². The fourth-order valence-corrected chi connectivity index (χ4v) is 27.2. The average molecular weight is 1600 g/mol. The first-order valence-electron chi connectivity index (χ1n) is 36.7. The molecule has 544 valence electrons. The van der Waals surface area contributed by atoms with E-state index in [-0.39, 0.29) is 62.2 Å². The maximum atomic E-state index is 4.93. The predicted octanol–water partition coefficient (Wildman–Crippen LogP) is 29.2. The molecule has 7 heteroatoms. The molecule has 100 heavy (non-hydrogen) atoms. The van der Waals surface area contributed by atoms with Gasteiger partial charge in [0.25, 0.3) is 0 Å². The molecule has 12 rings (SSSR count). The van der Waals surface area contributed by atoms with Gasteiger partial charge in [-0.15, -0.1) is 13.2 Å². The van der Waals surface area contributed by atoms with E-state index in [4.69, 9.17) is 34.1 Å². The Kier molecular flexibility index (Phi) is 31.3. The molecule has 0 bridgehead atoms. The zero-order chi connectivity index (χ0) is 70.3. The van der Waals surface area contributed by atoms with Crippen LogP contribution in [0.2, 0.25) is 23.7 Å². The quantitative estimate of drug-likeness (QED) is 0.113. The van der Waals surface area contributed by atoms with Gasteiger partial charge in [-0.3, -0.25) is 0 Å². The van der Waals surface area contributed by atoms with E-state index in [0.29, 0.717) is 99.3 Å². The summed E-state index contributed by atoms with van der Waals surface area (Å²) in [5, 5.41) is 0. The zero-order valence-electron chi connectivity index (χ0n) is 66.3. The predicted molar refractivity (Wildman–Crippen MR) is 443 cm³/mol. The van der Waals surface area contributed by atoms with Gasteiger partial charge in [0, 0.05) is 5.41 Å². The molecule has 16 unspecified atom stereocenters. The van der Waals surface area contributed by atoms with Crippen LogP contribution in [-0.4, -0.2) is 8.07 Å². The molecule has 0 nitrogen and oxygen atoms in total. The molecule has 2 aromatic carbocycles. The molecule has 0 radical (unpaired) electrons. The second-order valence-corrected chi connectivity index (χ2v) is 48.9. The van der Waals surface area contributed by atoms with E-state index >= 15 is 0 Å². The summed E-state index contributed by atoms with van der Waals surface area (Å²) in [6.45, 7) is 54.8. The molecule has 4 saturated carbocycles. The van der Waals surface area contributed by atoms with E-state index in [1.165, 1.54) is 76.3 Å². The fraction of sp³-hybridized carbons (Fsp3) is 0.527. The fourth-order valence-electron chi connectivity index (χ4n) is 20.8. The van der Waals surface area contributed by atoms with Crippen molar-refractivity contribution in [3.63, 3.8) is 0 Å². The van der Waals surface area contributed by atoms with E-state index < -0.39 is 49.8 Å². The molecule has 0 heterocycles. The van der Waals surface area contributed by atoms with Crippen LogP contribution >= 0.6 is 34.1 Å². The number of allylic oxidation sites excluding steroid dienone is 26. The van der Waals surface area contributed by atoms with Crippen molar-refractivity contribution in [3.8, 4) is 0 Å². The van der Waals surface area contributed by atoms with Gasteiger partial charge in [0.1, 0.15) is 0 Å². The molecule has 16 atom stereocenters. The van der Waals surface area contributed by atoms with Crippen LogP contribution < -0.4 is 0 Å². The van der Waals surface area contributed by atoms with Crippen LogP contribution in [0.4, 0.5) is 0 Å². The summed E-state index contributed by atoms with van der Waals surface area (Å²) in [5.74, 6) is 8.50. The maximum absolute atomic E-state index is 4.93. The molecule has 0 spiro atoms. The standard InChI is InChI=1S/C46H60.C43H60Si.4CH3.4ClH.2Zr/c1-10-11-28-45(8,9)36-22-23-37(29-36)46(32-18-14-12-15-19-32,33-20-16-13-17-21-33)42-40-30-34(43(2,3)4)24-26-38(40)39-27-25-35(31-41(39)42)44(5,6)7;1-13-22-44(12,39-35-23-27(2)14-18-31(35)32-19-15-28(24-36(32)39)41(3,4)5)40-37-25-29(42(6,7)8)16-20-33(37)34-21-17-30(26-38(34)40)43(9,10)11;;;;;;;;;;/h10,12-21,24-27,30-31,36-42H,1,11,22-23,28-29H2,2-9H3;13-21,23-26,31-40H,1,22H2,2-12H3;4*1H3;4*1H;;/q;;4*-1;;;;;2*+4/p-4. The SMILES string of the molecule is C=CCCC(C)(C)C1CCC(C(c2ccccc2)(c2ccccc2)C2C3C=C(C(C)(C)C)C=CC3C3C=CC(C(C)(C)C)=CC32)C1.C=CC[Si](C)(C1C2C=C(C)C=CC2C2C=CC(C(C)(C)C)=CC21)C1C2C=C(C(C)(C)C)C=CC2C2C=CC(C(C)(C)C)=CC21.[CH3-].[CH3-].[CH3-].[CH3-].[Cl][Zr+2][Cl].[Cl][Zr+2][Cl]. The molecule has 0 aromatic heterocycles. The van der Waals surface area contributed by atoms with Crippen LogP contribution in [0.3, 0.4) is 0 Å². The van der Waals surface area contributed by atoms with E-state index in [1.807, 2.05) is 0 Å². The van der Waals surface area contributed by atoms with Crippen LogP contribution in [0.5, 0.6) is 0 Å². The Balaban J connectivity index is 0.000000323. The second-order valence-electron chi connectivity index (χ2n) is 36.7. The van der Waals surface area contributed by atoms with Crippen molar-refractivity contribution in [1.82, 2.24) is 0 Å². The first-order chi connectivity index (χ1) is 45.1. The third kappa shape index (κ3) is 18.2. The summed E-state index contributed by atoms with van der Waals surface area (Å²) in [4.78, 5) is 0. The van der Waals surface area contributed by atoms with E-state index in [0.717, 1.165) is 12.3 Å². The van der Waals surface area contributed by atoms with Crippen LogP contribution in [0.25, 0.3) is 0 Å². The van der Waals surface area contributed by atoms with Crippen molar-refractivity contribution in [2.45, 2.75) is 186 Å². The van der Waals surface area contributed by atoms with Gasteiger partial charge in [0.15, 0.2) is 0 Å². The average Bonchev–Trinajstić information content (AvgIpc) is 1.52. The van der Waals surface area contributed by atoms with E-state index in [2.05, 4.69) is 327 Å². The first-order valence-corrected chi connectivity index (χ1v) is 52.2. The Morgan fingerprint density at radius 3 is 1.01 bits per heavy atom. The third-order valence-electron chi connectivity index (χ3n) is 25.5. The van der Waals surface area contributed by atoms with Crippen LogP contribution in [-0.2, 0) is 47.1 Å². The molecule has 0 aliphatic heterocycles. The van der Waals surface area contributed by atoms with E-state index in [9.17, 15) is 0 Å². The van der Waals surface area contributed by atoms with E-state index in [1.54, 1.807) is 0 Å². The van der Waals surface area contributed by atoms with Gasteiger partial charge in [-0.25, -0.2) is 0 Å². The van der Waals surface area contributed by atoms with Crippen LogP contribution in [0, 0.1) is 151 Å². The topological polar surface area (TPSA) is 0 Å². The van der Waals surface area contributed by atoms with Crippen molar-refractivity contribution in [1.29, 1.82) is 0 Å². The Morgan fingerprint density at radius 1 is 0.410 bits per heavy atom. The summed E-state index contributed by atoms with van der Waals surface area (Å²) in [7, 11) is 17.7. The Labute approximate surface area is 654 Å². The molecule has 10 aliphatic carbocycles. The van der Waals surface area contributed by atoms with Crippen molar-refractivity contribution in [3.05, 3.63) is 270 Å². The first kappa shape index (κ1) is 88.6. The molecule has 0 N–H and O–H groups in total. The minimum absolute atomic E-state index is 0. The number of rotatable bonds is 12. The van der Waals surface area contributed by atoms with Gasteiger partial charge in [0.2, 0.25) is 0 Å². The summed E-state index contributed by atoms with van der Waals surface area (Å²) in [6, 6.07) is 24.9. The van der Waals surface area contributed by atoms with Crippen LogP contribution in [0.1, 0.15) is 168 Å². The van der Waals surface area contributed by atoms with Crippen molar-refractivity contribution >= 4 is 42.1 Å². The summed E-state index contributed by atoms with van der Waals surface area (Å²) < 4.78 is 0. The molecule has 2 aromatic rings. The number of benzene rings is 2. The van der Waals surface area contributed by atoms with Crippen molar-refractivity contribution < 1.29 is 41.7 Å². The molecule has 0 saturated heterocycles. The Bertz CT molecular complexity index is 3310. The van der Waals surface area contributed by atoms with Gasteiger partial charge in [0.05, 0.1) is 8.07 Å². The van der Waals surface area contributed by atoms with Gasteiger partial charge in [-0.1, -0.05) is 312 Å². The summed E-state index contributed by atoms with van der Waals surface area (Å²) >= 11 is -1.65. The third-order valence-corrected chi connectivity index (χ3v) is 31.3. The van der Waals surface area contributed by atoms with Gasteiger partial charge < -0.3 is 29.7 Å².